The van der Waals surface area contributed by atoms with Gasteiger partial charge in [0.2, 0.25) is 5.91 Å². The molecule has 2 heterocycles. The number of hydrogen-bond acceptors (Lipinski definition) is 2. The molecule has 1 aliphatic rings. The number of fused-ring (bicyclic) bond motifs is 1. The fourth-order valence-electron chi connectivity index (χ4n) is 4.22. The minimum Gasteiger partial charge on any atom is -0.356 e. The molecule has 1 aromatic heterocycles. The molecule has 1 aromatic carbocycles. The van der Waals surface area contributed by atoms with Gasteiger partial charge < -0.3 is 9.88 Å². The Labute approximate surface area is 157 Å². The molecule has 1 fully saturated rings. The van der Waals surface area contributed by atoms with Gasteiger partial charge in [0, 0.05) is 42.1 Å². The molecule has 1 aliphatic heterocycles. The highest BCUT2D eigenvalue weighted by atomic mass is 16.1. The maximum Gasteiger partial charge on any atom is 0.223 e. The molecule has 1 amide bonds. The lowest BCUT2D eigenvalue weighted by atomic mass is 9.95. The lowest BCUT2D eigenvalue weighted by Gasteiger charge is -2.31. The number of para-hydroxylation sites is 1. The largest absolute Gasteiger partial charge is 0.356 e. The van der Waals surface area contributed by atoms with Crippen molar-refractivity contribution < 1.29 is 4.79 Å². The van der Waals surface area contributed by atoms with Gasteiger partial charge in [-0.25, -0.2) is 0 Å². The minimum absolute atomic E-state index is 0.196. The van der Waals surface area contributed by atoms with Gasteiger partial charge in [-0.3, -0.25) is 9.69 Å². The number of hydrogen-bond donors (Lipinski definition) is 1. The van der Waals surface area contributed by atoms with Crippen LogP contribution in [0.4, 0.5) is 0 Å². The average Bonchev–Trinajstić information content (AvgIpc) is 2.94. The van der Waals surface area contributed by atoms with Crippen LogP contribution >= 0.6 is 0 Å². The first-order valence-electron chi connectivity index (χ1n) is 10.2. The Kier molecular flexibility index (Phi) is 6.36. The zero-order valence-corrected chi connectivity index (χ0v) is 16.6. The molecule has 142 valence electrons. The molecule has 0 radical (unpaired) electrons. The Morgan fingerprint density at radius 3 is 2.62 bits per heavy atom. The van der Waals surface area contributed by atoms with E-state index < -0.39 is 0 Å². The van der Waals surface area contributed by atoms with Gasteiger partial charge in [0.25, 0.3) is 0 Å². The summed E-state index contributed by atoms with van der Waals surface area (Å²) in [6.45, 7) is 11.5. The molecule has 3 rings (SSSR count). The second-order valence-corrected chi connectivity index (χ2v) is 7.52. The number of aromatic nitrogens is 1. The summed E-state index contributed by atoms with van der Waals surface area (Å²) in [5.41, 5.74) is 4.18. The van der Waals surface area contributed by atoms with E-state index in [-0.39, 0.29) is 11.8 Å². The van der Waals surface area contributed by atoms with Crippen molar-refractivity contribution >= 4 is 16.8 Å². The van der Waals surface area contributed by atoms with Crippen LogP contribution in [0.1, 0.15) is 50.8 Å². The first-order valence-corrected chi connectivity index (χ1v) is 10.2. The summed E-state index contributed by atoms with van der Waals surface area (Å²) in [7, 11) is 0. The molecule has 4 nitrogen and oxygen atoms in total. The van der Waals surface area contributed by atoms with E-state index in [9.17, 15) is 4.79 Å². The molecule has 0 bridgehead atoms. The van der Waals surface area contributed by atoms with Crippen molar-refractivity contribution in [1.82, 2.24) is 14.8 Å². The van der Waals surface area contributed by atoms with Crippen LogP contribution in [0.5, 0.6) is 0 Å². The number of aryl methyl sites for hydroxylation is 1. The van der Waals surface area contributed by atoms with Crippen molar-refractivity contribution in [3.8, 4) is 0 Å². The Balaban J connectivity index is 1.63. The third-order valence-electron chi connectivity index (χ3n) is 5.85. The number of likely N-dealkylation sites (tertiary alicyclic amines) is 1. The second kappa shape index (κ2) is 8.72. The van der Waals surface area contributed by atoms with E-state index in [2.05, 4.69) is 59.8 Å². The SMILES string of the molecule is CCCCNC(=O)C1CCN(Cc2c(C)n(CC)c3ccccc23)CC1. The highest BCUT2D eigenvalue weighted by Crippen LogP contribution is 2.28. The first kappa shape index (κ1) is 19.0. The van der Waals surface area contributed by atoms with Gasteiger partial charge in [0.15, 0.2) is 0 Å². The molecule has 0 saturated carbocycles. The lowest BCUT2D eigenvalue weighted by molar-refractivity contribution is -0.126. The topological polar surface area (TPSA) is 37.3 Å². The van der Waals surface area contributed by atoms with Gasteiger partial charge in [-0.05, 0) is 57.8 Å². The highest BCUT2D eigenvalue weighted by molar-refractivity contribution is 5.85. The Hall–Kier alpha value is -1.81. The van der Waals surface area contributed by atoms with Crippen molar-refractivity contribution in [3.63, 3.8) is 0 Å². The molecule has 0 unspecified atom stereocenters. The molecule has 0 spiro atoms. The van der Waals surface area contributed by atoms with Crippen molar-refractivity contribution in [2.45, 2.75) is 59.5 Å². The maximum absolute atomic E-state index is 12.3. The van der Waals surface area contributed by atoms with Gasteiger partial charge in [0.05, 0.1) is 0 Å². The van der Waals surface area contributed by atoms with E-state index in [1.807, 2.05) is 0 Å². The van der Waals surface area contributed by atoms with E-state index in [1.54, 1.807) is 0 Å². The Morgan fingerprint density at radius 1 is 1.19 bits per heavy atom. The fourth-order valence-corrected chi connectivity index (χ4v) is 4.22. The van der Waals surface area contributed by atoms with Crippen LogP contribution in [0.2, 0.25) is 0 Å². The first-order chi connectivity index (χ1) is 12.7. The summed E-state index contributed by atoms with van der Waals surface area (Å²) >= 11 is 0. The molecule has 2 aromatic rings. The number of nitrogens with zero attached hydrogens (tertiary/aromatic N) is 2. The normalized spacial score (nSPS) is 16.3. The van der Waals surface area contributed by atoms with Crippen LogP contribution in [0.25, 0.3) is 10.9 Å². The van der Waals surface area contributed by atoms with E-state index >= 15 is 0 Å². The summed E-state index contributed by atoms with van der Waals surface area (Å²) < 4.78 is 2.42. The van der Waals surface area contributed by atoms with Crippen LogP contribution in [0, 0.1) is 12.8 Å². The van der Waals surface area contributed by atoms with E-state index in [4.69, 9.17) is 0 Å². The van der Waals surface area contributed by atoms with E-state index in [0.717, 1.165) is 58.4 Å². The summed E-state index contributed by atoms with van der Waals surface area (Å²) in [5, 5.41) is 4.48. The molecule has 1 saturated heterocycles. The number of piperidine rings is 1. The van der Waals surface area contributed by atoms with Gasteiger partial charge in [-0.2, -0.15) is 0 Å². The minimum atomic E-state index is 0.196. The molecule has 0 aliphatic carbocycles. The van der Waals surface area contributed by atoms with Crippen molar-refractivity contribution in [3.05, 3.63) is 35.5 Å². The van der Waals surface area contributed by atoms with Crippen LogP contribution in [-0.4, -0.2) is 35.0 Å². The number of carbonyl (C=O) groups is 1. The van der Waals surface area contributed by atoms with Crippen LogP contribution in [0.3, 0.4) is 0 Å². The molecule has 0 atom stereocenters. The standard InChI is InChI=1S/C22H33N3O/c1-4-6-13-23-22(26)18-11-14-24(15-12-18)16-20-17(3)25(5-2)21-10-8-7-9-19(20)21/h7-10,18H,4-6,11-16H2,1-3H3,(H,23,26). The predicted octanol–water partition coefficient (Wildman–Crippen LogP) is 4.10. The molecular weight excluding hydrogens is 322 g/mol. The van der Waals surface area contributed by atoms with Crippen molar-refractivity contribution in [2.75, 3.05) is 19.6 Å². The Morgan fingerprint density at radius 2 is 1.92 bits per heavy atom. The van der Waals surface area contributed by atoms with E-state index in [1.165, 1.54) is 22.2 Å². The molecular formula is C22H33N3O. The third-order valence-corrected chi connectivity index (χ3v) is 5.85. The van der Waals surface area contributed by atoms with E-state index in [0.29, 0.717) is 0 Å². The monoisotopic (exact) mass is 355 g/mol. The average molecular weight is 356 g/mol. The van der Waals surface area contributed by atoms with Crippen molar-refractivity contribution in [1.29, 1.82) is 0 Å². The number of nitrogens with one attached hydrogen (secondary N) is 1. The molecule has 4 heteroatoms. The number of rotatable bonds is 7. The number of carbonyl (C=O) groups excluding carboxylic acids is 1. The molecule has 1 N–H and O–H groups in total. The quantitative estimate of drug-likeness (QED) is 0.759. The summed E-state index contributed by atoms with van der Waals surface area (Å²) in [5.74, 6) is 0.457. The highest BCUT2D eigenvalue weighted by Gasteiger charge is 2.25. The van der Waals surface area contributed by atoms with Gasteiger partial charge >= 0.3 is 0 Å². The summed E-state index contributed by atoms with van der Waals surface area (Å²) in [6.07, 6.45) is 4.15. The maximum atomic E-state index is 12.3. The van der Waals surface area contributed by atoms with Gasteiger partial charge in [-0.1, -0.05) is 31.5 Å². The predicted molar refractivity (Wildman–Crippen MR) is 108 cm³/mol. The zero-order valence-electron chi connectivity index (χ0n) is 16.6. The smallest absolute Gasteiger partial charge is 0.223 e. The lowest BCUT2D eigenvalue weighted by Crippen LogP contribution is -2.40. The zero-order chi connectivity index (χ0) is 18.5. The summed E-state index contributed by atoms with van der Waals surface area (Å²) in [4.78, 5) is 14.8. The van der Waals surface area contributed by atoms with Crippen LogP contribution in [-0.2, 0) is 17.9 Å². The summed E-state index contributed by atoms with van der Waals surface area (Å²) in [6, 6.07) is 8.73. The number of unbranched alkanes of at least 4 members (excludes halogenated alkanes) is 1. The van der Waals surface area contributed by atoms with Gasteiger partial charge in [0.1, 0.15) is 0 Å². The third kappa shape index (κ3) is 3.96. The van der Waals surface area contributed by atoms with Crippen LogP contribution < -0.4 is 5.32 Å². The second-order valence-electron chi connectivity index (χ2n) is 7.52. The van der Waals surface area contributed by atoms with Crippen LogP contribution in [0.15, 0.2) is 24.3 Å². The Bertz CT molecular complexity index is 741. The van der Waals surface area contributed by atoms with Gasteiger partial charge in [-0.15, -0.1) is 0 Å². The number of benzene rings is 1. The number of amides is 1. The molecule has 26 heavy (non-hydrogen) atoms. The fraction of sp³-hybridized carbons (Fsp3) is 0.591. The van der Waals surface area contributed by atoms with Crippen molar-refractivity contribution in [2.24, 2.45) is 5.92 Å².